The first kappa shape index (κ1) is 14.8. The highest BCUT2D eigenvalue weighted by molar-refractivity contribution is 7.09. The quantitative estimate of drug-likeness (QED) is 0.922. The number of piperidine rings is 1. The van der Waals surface area contributed by atoms with Crippen LogP contribution in [0, 0.1) is 0 Å². The van der Waals surface area contributed by atoms with Crippen molar-refractivity contribution in [3.8, 4) is 0 Å². The number of hydrogen-bond acceptors (Lipinski definition) is 4. The fraction of sp³-hybridized carbons (Fsp3) is 0.444. The Morgan fingerprint density at radius 3 is 2.96 bits per heavy atom. The maximum absolute atomic E-state index is 13.0. The molecule has 1 fully saturated rings. The molecule has 1 atom stereocenters. The predicted molar refractivity (Wildman–Crippen MR) is 91.1 cm³/mol. The van der Waals surface area contributed by atoms with Crippen molar-refractivity contribution < 1.29 is 4.79 Å². The fourth-order valence-corrected chi connectivity index (χ4v) is 4.54. The lowest BCUT2D eigenvalue weighted by molar-refractivity contribution is -0.136. The van der Waals surface area contributed by atoms with Gasteiger partial charge in [-0.25, -0.2) is 0 Å². The molecule has 2 aliphatic rings. The first-order valence-corrected chi connectivity index (χ1v) is 9.13. The normalized spacial score (nSPS) is 25.0. The molecular weight excluding hydrogens is 306 g/mol. The smallest absolute Gasteiger partial charge is 0.241 e. The van der Waals surface area contributed by atoms with Crippen LogP contribution in [0.1, 0.15) is 35.3 Å². The second-order valence-electron chi connectivity index (χ2n) is 6.51. The van der Waals surface area contributed by atoms with E-state index in [2.05, 4.69) is 39.5 Å². The van der Waals surface area contributed by atoms with Crippen LogP contribution in [0.25, 0.3) is 0 Å². The minimum absolute atomic E-state index is 0.193. The summed E-state index contributed by atoms with van der Waals surface area (Å²) in [6.45, 7) is 2.44. The van der Waals surface area contributed by atoms with Crippen molar-refractivity contribution in [2.24, 2.45) is 0 Å². The maximum Gasteiger partial charge on any atom is 0.241 e. The van der Waals surface area contributed by atoms with Gasteiger partial charge in [-0.2, -0.15) is 0 Å². The summed E-state index contributed by atoms with van der Waals surface area (Å²) in [4.78, 5) is 20.8. The highest BCUT2D eigenvalue weighted by Crippen LogP contribution is 2.36. The Hall–Kier alpha value is -1.72. The summed E-state index contributed by atoms with van der Waals surface area (Å²) in [7, 11) is 0. The van der Waals surface area contributed by atoms with Gasteiger partial charge in [0.2, 0.25) is 5.91 Å². The van der Waals surface area contributed by atoms with E-state index in [9.17, 15) is 4.79 Å². The largest absolute Gasteiger partial charge is 0.350 e. The first-order chi connectivity index (χ1) is 11.3. The molecule has 120 valence electrons. The van der Waals surface area contributed by atoms with Crippen LogP contribution in [0.5, 0.6) is 0 Å². The Balaban J connectivity index is 1.71. The van der Waals surface area contributed by atoms with Crippen LogP contribution in [-0.2, 0) is 24.3 Å². The van der Waals surface area contributed by atoms with E-state index in [1.165, 1.54) is 16.0 Å². The van der Waals surface area contributed by atoms with E-state index in [-0.39, 0.29) is 5.91 Å². The van der Waals surface area contributed by atoms with Gasteiger partial charge in [-0.15, -0.1) is 11.3 Å². The molecular formula is C18H21N3OS. The van der Waals surface area contributed by atoms with E-state index >= 15 is 0 Å². The Kier molecular flexibility index (Phi) is 3.91. The second kappa shape index (κ2) is 6.06. The number of nitrogens with one attached hydrogen (secondary N) is 1. The molecule has 1 aromatic carbocycles. The number of hydrogen-bond donors (Lipinski definition) is 1. The van der Waals surface area contributed by atoms with Gasteiger partial charge in [0, 0.05) is 30.6 Å². The number of fused-ring (bicyclic) bond motifs is 1. The minimum atomic E-state index is -0.408. The lowest BCUT2D eigenvalue weighted by Crippen LogP contribution is -2.60. The van der Waals surface area contributed by atoms with Crippen molar-refractivity contribution in [1.82, 2.24) is 15.2 Å². The van der Waals surface area contributed by atoms with Gasteiger partial charge in [-0.1, -0.05) is 24.3 Å². The van der Waals surface area contributed by atoms with Crippen LogP contribution in [0.2, 0.25) is 0 Å². The summed E-state index contributed by atoms with van der Waals surface area (Å²) in [5, 5.41) is 3.18. The molecule has 1 amide bonds. The van der Waals surface area contributed by atoms with Crippen molar-refractivity contribution in [3.05, 3.63) is 52.0 Å². The van der Waals surface area contributed by atoms with E-state index in [0.29, 0.717) is 6.54 Å². The van der Waals surface area contributed by atoms with Gasteiger partial charge < -0.3 is 5.32 Å². The van der Waals surface area contributed by atoms with Crippen molar-refractivity contribution in [1.29, 1.82) is 0 Å². The van der Waals surface area contributed by atoms with Crippen LogP contribution >= 0.6 is 11.3 Å². The number of rotatable bonds is 2. The van der Waals surface area contributed by atoms with Gasteiger partial charge in [-0.3, -0.25) is 14.7 Å². The molecule has 5 heteroatoms. The van der Waals surface area contributed by atoms with Crippen LogP contribution in [0.3, 0.4) is 0 Å². The summed E-state index contributed by atoms with van der Waals surface area (Å²) in [6.07, 6.45) is 5.96. The maximum atomic E-state index is 13.0. The van der Waals surface area contributed by atoms with Crippen molar-refractivity contribution >= 4 is 17.2 Å². The van der Waals surface area contributed by atoms with Gasteiger partial charge in [0.1, 0.15) is 5.54 Å². The number of aromatic nitrogens is 1. The van der Waals surface area contributed by atoms with E-state index in [1.54, 1.807) is 11.3 Å². The molecule has 1 unspecified atom stereocenters. The van der Waals surface area contributed by atoms with Crippen LogP contribution in [0.15, 0.2) is 36.0 Å². The molecule has 1 spiro atoms. The molecule has 1 N–H and O–H groups in total. The number of nitrogens with zero attached hydrogens (tertiary/aromatic N) is 2. The number of amides is 1. The summed E-state index contributed by atoms with van der Waals surface area (Å²) in [6, 6.07) is 8.44. The van der Waals surface area contributed by atoms with Crippen LogP contribution in [-0.4, -0.2) is 27.9 Å². The summed E-state index contributed by atoms with van der Waals surface area (Å²) in [5.41, 5.74) is 4.02. The van der Waals surface area contributed by atoms with Gasteiger partial charge in [0.05, 0.1) is 5.51 Å². The van der Waals surface area contributed by atoms with Crippen LogP contribution in [0.4, 0.5) is 0 Å². The zero-order chi connectivity index (χ0) is 15.7. The predicted octanol–water partition coefficient (Wildman–Crippen LogP) is 2.74. The summed E-state index contributed by atoms with van der Waals surface area (Å²) < 4.78 is 0. The molecule has 4 nitrogen and oxygen atoms in total. The molecule has 4 rings (SSSR count). The lowest BCUT2D eigenvalue weighted by atomic mass is 9.80. The third kappa shape index (κ3) is 2.68. The van der Waals surface area contributed by atoms with Gasteiger partial charge in [-0.05, 0) is 36.9 Å². The molecule has 2 aliphatic heterocycles. The number of benzene rings is 1. The highest BCUT2D eigenvalue weighted by Gasteiger charge is 2.46. The SMILES string of the molecule is O=C1NCc2ccccc2CC12CCCCN2Cc1cncs1. The molecule has 2 aromatic rings. The third-order valence-electron chi connectivity index (χ3n) is 5.17. The molecule has 0 radical (unpaired) electrons. The third-order valence-corrected chi connectivity index (χ3v) is 5.93. The summed E-state index contributed by atoms with van der Waals surface area (Å²) >= 11 is 1.67. The lowest BCUT2D eigenvalue weighted by Gasteiger charge is -2.45. The molecule has 1 saturated heterocycles. The average molecular weight is 327 g/mol. The van der Waals surface area contributed by atoms with E-state index in [0.717, 1.165) is 38.8 Å². The number of carbonyl (C=O) groups excluding carboxylic acids is 1. The van der Waals surface area contributed by atoms with E-state index in [4.69, 9.17) is 0 Å². The van der Waals surface area contributed by atoms with Crippen molar-refractivity contribution in [2.45, 2.75) is 44.3 Å². The minimum Gasteiger partial charge on any atom is -0.350 e. The Labute approximate surface area is 140 Å². The van der Waals surface area contributed by atoms with Crippen molar-refractivity contribution in [3.63, 3.8) is 0 Å². The van der Waals surface area contributed by atoms with E-state index < -0.39 is 5.54 Å². The summed E-state index contributed by atoms with van der Waals surface area (Å²) in [5.74, 6) is 0.193. The first-order valence-electron chi connectivity index (χ1n) is 8.25. The number of thiazole rings is 1. The number of carbonyl (C=O) groups is 1. The van der Waals surface area contributed by atoms with E-state index in [1.807, 2.05) is 11.7 Å². The topological polar surface area (TPSA) is 45.2 Å². The second-order valence-corrected chi connectivity index (χ2v) is 7.48. The fourth-order valence-electron chi connectivity index (χ4n) is 3.93. The molecule has 1 aromatic heterocycles. The van der Waals surface area contributed by atoms with Gasteiger partial charge >= 0.3 is 0 Å². The average Bonchev–Trinajstić information content (AvgIpc) is 3.04. The monoisotopic (exact) mass is 327 g/mol. The standard InChI is InChI=1S/C18H21N3OS/c22-17-18(9-14-5-1-2-6-15(14)10-20-17)7-3-4-8-21(18)12-16-11-19-13-23-16/h1-2,5-6,11,13H,3-4,7-10,12H2,(H,20,22). The zero-order valence-corrected chi connectivity index (χ0v) is 13.9. The molecule has 0 aliphatic carbocycles. The highest BCUT2D eigenvalue weighted by atomic mass is 32.1. The van der Waals surface area contributed by atoms with Crippen LogP contribution < -0.4 is 5.32 Å². The molecule has 0 bridgehead atoms. The van der Waals surface area contributed by atoms with Crippen molar-refractivity contribution in [2.75, 3.05) is 6.54 Å². The molecule has 23 heavy (non-hydrogen) atoms. The zero-order valence-electron chi connectivity index (χ0n) is 13.1. The van der Waals surface area contributed by atoms with Gasteiger partial charge in [0.15, 0.2) is 0 Å². The number of likely N-dealkylation sites (tertiary alicyclic amines) is 1. The Morgan fingerprint density at radius 1 is 1.26 bits per heavy atom. The van der Waals surface area contributed by atoms with Gasteiger partial charge in [0.25, 0.3) is 0 Å². The Morgan fingerprint density at radius 2 is 2.13 bits per heavy atom. The molecule has 0 saturated carbocycles. The molecule has 3 heterocycles. The Bertz CT molecular complexity index is 700.